The van der Waals surface area contributed by atoms with E-state index in [2.05, 4.69) is 10.3 Å². The molecule has 8 nitrogen and oxygen atoms in total. The van der Waals surface area contributed by atoms with Crippen LogP contribution in [0.25, 0.3) is 11.0 Å². The molecule has 1 amide bonds. The van der Waals surface area contributed by atoms with Gasteiger partial charge in [-0.05, 0) is 18.9 Å². The van der Waals surface area contributed by atoms with Gasteiger partial charge in [0.1, 0.15) is 5.65 Å². The number of aryl methyl sites for hydroxylation is 1. The molecule has 0 aliphatic carbocycles. The van der Waals surface area contributed by atoms with Gasteiger partial charge in [0.2, 0.25) is 0 Å². The molecule has 0 spiro atoms. The van der Waals surface area contributed by atoms with E-state index >= 15 is 0 Å². The zero-order valence-electron chi connectivity index (χ0n) is 15.2. The van der Waals surface area contributed by atoms with Crippen LogP contribution in [0.1, 0.15) is 37.0 Å². The highest BCUT2D eigenvalue weighted by Crippen LogP contribution is 2.15. The number of nitrogens with zero attached hydrogens (tertiary/aromatic N) is 3. The summed E-state index contributed by atoms with van der Waals surface area (Å²) in [6.45, 7) is 4.24. The monoisotopic (exact) mass is 405 g/mol. The first-order valence-electron chi connectivity index (χ1n) is 7.88. The predicted molar refractivity (Wildman–Crippen MR) is 107 cm³/mol. The van der Waals surface area contributed by atoms with Gasteiger partial charge in [0.15, 0.2) is 0 Å². The van der Waals surface area contributed by atoms with E-state index in [4.69, 9.17) is 5.73 Å². The van der Waals surface area contributed by atoms with Crippen LogP contribution >= 0.6 is 24.8 Å². The zero-order chi connectivity index (χ0) is 18.1. The van der Waals surface area contributed by atoms with Crippen LogP contribution in [-0.2, 0) is 14.1 Å². The van der Waals surface area contributed by atoms with Crippen molar-refractivity contribution < 1.29 is 4.79 Å². The van der Waals surface area contributed by atoms with Gasteiger partial charge in [0.25, 0.3) is 11.5 Å². The molecule has 0 aromatic carbocycles. The summed E-state index contributed by atoms with van der Waals surface area (Å²) >= 11 is 0. The van der Waals surface area contributed by atoms with Crippen LogP contribution in [0.4, 0.5) is 0 Å². The van der Waals surface area contributed by atoms with Crippen molar-refractivity contribution in [1.29, 1.82) is 0 Å². The van der Waals surface area contributed by atoms with Crippen LogP contribution in [0.15, 0.2) is 21.9 Å². The maximum absolute atomic E-state index is 12.5. The normalized spacial score (nSPS) is 10.8. The fourth-order valence-corrected chi connectivity index (χ4v) is 2.67. The fraction of sp³-hybridized carbons (Fsp3) is 0.500. The van der Waals surface area contributed by atoms with E-state index < -0.39 is 16.8 Å². The zero-order valence-corrected chi connectivity index (χ0v) is 16.9. The van der Waals surface area contributed by atoms with Gasteiger partial charge in [-0.15, -0.1) is 24.8 Å². The highest BCUT2D eigenvalue weighted by molar-refractivity contribution is 5.97. The van der Waals surface area contributed by atoms with Gasteiger partial charge in [-0.3, -0.25) is 18.7 Å². The molecule has 10 heteroatoms. The highest BCUT2D eigenvalue weighted by Gasteiger charge is 2.27. The average molecular weight is 406 g/mol. The topological polar surface area (TPSA) is 112 Å². The van der Waals surface area contributed by atoms with Crippen molar-refractivity contribution in [3.63, 3.8) is 0 Å². The first-order valence-corrected chi connectivity index (χ1v) is 7.88. The molecule has 0 bridgehead atoms. The number of hydrogen-bond acceptors (Lipinski definition) is 5. The Balaban J connectivity index is 0.00000312. The largest absolute Gasteiger partial charge is 0.345 e. The van der Waals surface area contributed by atoms with E-state index in [9.17, 15) is 14.4 Å². The SMILES string of the molecule is CCC(CC)(CN)NC(=O)c1cnc2c(c1)c(=O)n(C)c(=O)n2C.Cl.Cl. The number of rotatable bonds is 5. The summed E-state index contributed by atoms with van der Waals surface area (Å²) < 4.78 is 2.27. The van der Waals surface area contributed by atoms with E-state index in [1.165, 1.54) is 30.9 Å². The number of carbonyl (C=O) groups is 1. The van der Waals surface area contributed by atoms with E-state index in [-0.39, 0.29) is 47.3 Å². The summed E-state index contributed by atoms with van der Waals surface area (Å²) in [7, 11) is 2.93. The van der Waals surface area contributed by atoms with Crippen LogP contribution < -0.4 is 22.3 Å². The maximum atomic E-state index is 12.5. The third kappa shape index (κ3) is 4.08. The van der Waals surface area contributed by atoms with Gasteiger partial charge in [0.05, 0.1) is 16.5 Å². The van der Waals surface area contributed by atoms with Crippen molar-refractivity contribution >= 4 is 41.8 Å². The minimum Gasteiger partial charge on any atom is -0.345 e. The standard InChI is InChI=1S/C16H23N5O3.2ClH/c1-5-16(6-2,9-17)19-13(22)10-7-11-12(18-8-10)20(3)15(24)21(4)14(11)23;;/h7-8H,5-6,9,17H2,1-4H3,(H,19,22);2*1H. The van der Waals surface area contributed by atoms with Gasteiger partial charge >= 0.3 is 5.69 Å². The fourth-order valence-electron chi connectivity index (χ4n) is 2.67. The Hall–Kier alpha value is -1.90. The number of hydrogen-bond donors (Lipinski definition) is 2. The van der Waals surface area contributed by atoms with Gasteiger partial charge in [-0.25, -0.2) is 9.78 Å². The molecule has 0 unspecified atom stereocenters. The Bertz CT molecular complexity index is 895. The van der Waals surface area contributed by atoms with Crippen LogP contribution in [0.2, 0.25) is 0 Å². The lowest BCUT2D eigenvalue weighted by atomic mass is 9.92. The Labute approximate surface area is 163 Å². The lowest BCUT2D eigenvalue weighted by molar-refractivity contribution is 0.0895. The lowest BCUT2D eigenvalue weighted by Crippen LogP contribution is -2.52. The summed E-state index contributed by atoms with van der Waals surface area (Å²) in [4.78, 5) is 40.9. The van der Waals surface area contributed by atoms with Gasteiger partial charge < -0.3 is 11.1 Å². The van der Waals surface area contributed by atoms with E-state index in [0.29, 0.717) is 19.4 Å². The molecule has 0 aliphatic rings. The maximum Gasteiger partial charge on any atom is 0.332 e. The lowest BCUT2D eigenvalue weighted by Gasteiger charge is -2.31. The van der Waals surface area contributed by atoms with Crippen molar-refractivity contribution in [3.8, 4) is 0 Å². The first kappa shape index (κ1) is 24.1. The molecule has 0 saturated heterocycles. The molecule has 3 N–H and O–H groups in total. The summed E-state index contributed by atoms with van der Waals surface area (Å²) in [5, 5.41) is 3.16. The van der Waals surface area contributed by atoms with Gasteiger partial charge in [-0.2, -0.15) is 0 Å². The highest BCUT2D eigenvalue weighted by atomic mass is 35.5. The quantitative estimate of drug-likeness (QED) is 0.760. The number of pyridine rings is 1. The molecule has 0 atom stereocenters. The molecule has 2 rings (SSSR count). The van der Waals surface area contributed by atoms with E-state index in [0.717, 1.165) is 4.57 Å². The summed E-state index contributed by atoms with van der Waals surface area (Å²) in [5.41, 5.74) is 4.88. The second kappa shape index (κ2) is 9.16. The number of fused-ring (bicyclic) bond motifs is 1. The van der Waals surface area contributed by atoms with E-state index in [1.54, 1.807) is 0 Å². The molecule has 0 fully saturated rings. The van der Waals surface area contributed by atoms with Crippen molar-refractivity contribution in [2.45, 2.75) is 32.2 Å². The van der Waals surface area contributed by atoms with Crippen molar-refractivity contribution in [2.75, 3.05) is 6.54 Å². The number of amides is 1. The van der Waals surface area contributed by atoms with Crippen molar-refractivity contribution in [3.05, 3.63) is 38.7 Å². The Morgan fingerprint density at radius 1 is 1.19 bits per heavy atom. The Kier molecular flexibility index (Phi) is 8.49. The Morgan fingerprint density at radius 2 is 1.77 bits per heavy atom. The molecule has 26 heavy (non-hydrogen) atoms. The first-order chi connectivity index (χ1) is 11.3. The molecule has 146 valence electrons. The van der Waals surface area contributed by atoms with Crippen molar-refractivity contribution in [1.82, 2.24) is 19.4 Å². The molecule has 2 aromatic rings. The molecular formula is C16H25Cl2N5O3. The predicted octanol–water partition coefficient (Wildman–Crippen LogP) is 0.723. The summed E-state index contributed by atoms with van der Waals surface area (Å²) in [6, 6.07) is 1.46. The van der Waals surface area contributed by atoms with Crippen molar-refractivity contribution in [2.24, 2.45) is 19.8 Å². The number of nitrogens with one attached hydrogen (secondary N) is 1. The van der Waals surface area contributed by atoms with Crippen LogP contribution in [0.3, 0.4) is 0 Å². The summed E-state index contributed by atoms with van der Waals surface area (Å²) in [6.07, 6.45) is 2.76. The number of nitrogens with two attached hydrogens (primary N) is 1. The molecule has 2 heterocycles. The van der Waals surface area contributed by atoms with Gasteiger partial charge in [-0.1, -0.05) is 13.8 Å². The van der Waals surface area contributed by atoms with Crippen LogP contribution in [0.5, 0.6) is 0 Å². The third-order valence-corrected chi connectivity index (χ3v) is 4.68. The van der Waals surface area contributed by atoms with Gasteiger partial charge in [0, 0.05) is 26.8 Å². The Morgan fingerprint density at radius 3 is 2.27 bits per heavy atom. The molecule has 0 radical (unpaired) electrons. The smallest absolute Gasteiger partial charge is 0.332 e. The number of aromatic nitrogens is 3. The minimum atomic E-state index is -0.486. The molecule has 0 aliphatic heterocycles. The molecule has 0 saturated carbocycles. The number of carbonyl (C=O) groups excluding carboxylic acids is 1. The van der Waals surface area contributed by atoms with Crippen LogP contribution in [-0.4, -0.2) is 32.1 Å². The minimum absolute atomic E-state index is 0. The second-order valence-electron chi connectivity index (χ2n) is 5.95. The average Bonchev–Trinajstić information content (AvgIpc) is 2.62. The second-order valence-corrected chi connectivity index (χ2v) is 5.95. The summed E-state index contributed by atoms with van der Waals surface area (Å²) in [5.74, 6) is -0.338. The molecule has 2 aromatic heterocycles. The third-order valence-electron chi connectivity index (χ3n) is 4.68. The molecular weight excluding hydrogens is 381 g/mol. The van der Waals surface area contributed by atoms with Crippen LogP contribution in [0, 0.1) is 0 Å². The number of halogens is 2. The van der Waals surface area contributed by atoms with E-state index in [1.807, 2.05) is 13.8 Å².